The van der Waals surface area contributed by atoms with Crippen molar-refractivity contribution >= 4 is 11.7 Å². The molecule has 0 aliphatic carbocycles. The minimum Gasteiger partial charge on any atom is -0.458 e. The summed E-state index contributed by atoms with van der Waals surface area (Å²) in [5, 5.41) is 10.6. The molecule has 0 spiro atoms. The van der Waals surface area contributed by atoms with Crippen LogP contribution in [0.1, 0.15) is 36.6 Å². The largest absolute Gasteiger partial charge is 0.458 e. The number of ether oxygens (including phenoxy) is 1. The highest BCUT2D eigenvalue weighted by atomic mass is 16.6. The molecule has 6 nitrogen and oxygen atoms in total. The molecular formula is C14H16N2O4. The van der Waals surface area contributed by atoms with E-state index in [0.29, 0.717) is 29.8 Å². The summed E-state index contributed by atoms with van der Waals surface area (Å²) in [5.41, 5.74) is 0.324. The number of carbonyl (C=O) groups is 1. The van der Waals surface area contributed by atoms with Gasteiger partial charge in [-0.15, -0.1) is 0 Å². The summed E-state index contributed by atoms with van der Waals surface area (Å²) in [4.78, 5) is 28.5. The quantitative estimate of drug-likeness (QED) is 0.749. The van der Waals surface area contributed by atoms with Crippen molar-refractivity contribution in [3.63, 3.8) is 0 Å². The topological polar surface area (TPSA) is 80.9 Å². The number of pyridine rings is 1. The van der Waals surface area contributed by atoms with E-state index in [1.807, 2.05) is 0 Å². The molecule has 2 aliphatic rings. The Kier molecular flexibility index (Phi) is 2.79. The fourth-order valence-electron chi connectivity index (χ4n) is 2.93. The summed E-state index contributed by atoms with van der Waals surface area (Å²) in [7, 11) is 1.68. The van der Waals surface area contributed by atoms with Gasteiger partial charge in [0.25, 0.3) is 5.56 Å². The van der Waals surface area contributed by atoms with E-state index < -0.39 is 11.6 Å². The third kappa shape index (κ3) is 1.51. The minimum atomic E-state index is -1.73. The number of fused-ring (bicyclic) bond motifs is 2. The van der Waals surface area contributed by atoms with E-state index in [1.165, 1.54) is 0 Å². The lowest BCUT2D eigenvalue weighted by atomic mass is 9.86. The summed E-state index contributed by atoms with van der Waals surface area (Å²) in [6.45, 7) is 2.19. The van der Waals surface area contributed by atoms with Gasteiger partial charge in [-0.25, -0.2) is 4.79 Å². The first-order chi connectivity index (χ1) is 9.52. The normalized spacial score (nSPS) is 26.4. The van der Waals surface area contributed by atoms with Crippen molar-refractivity contribution in [2.24, 2.45) is 4.99 Å². The van der Waals surface area contributed by atoms with E-state index in [4.69, 9.17) is 4.74 Å². The van der Waals surface area contributed by atoms with Crippen molar-refractivity contribution in [3.05, 3.63) is 33.2 Å². The fraction of sp³-hybridized carbons (Fsp3) is 0.500. The van der Waals surface area contributed by atoms with Gasteiger partial charge < -0.3 is 14.4 Å². The maximum absolute atomic E-state index is 12.5. The van der Waals surface area contributed by atoms with E-state index >= 15 is 0 Å². The zero-order valence-corrected chi connectivity index (χ0v) is 11.5. The number of hydrogen-bond donors (Lipinski definition) is 1. The lowest BCUT2D eigenvalue weighted by Gasteiger charge is -2.31. The second kappa shape index (κ2) is 4.28. The maximum atomic E-state index is 12.5. The fourth-order valence-corrected chi connectivity index (χ4v) is 2.93. The van der Waals surface area contributed by atoms with Crippen LogP contribution in [0.15, 0.2) is 15.9 Å². The van der Waals surface area contributed by atoms with Crippen LogP contribution < -0.4 is 5.56 Å². The Balaban J connectivity index is 2.32. The van der Waals surface area contributed by atoms with Crippen LogP contribution in [0.3, 0.4) is 0 Å². The van der Waals surface area contributed by atoms with Crippen LogP contribution in [-0.4, -0.2) is 28.4 Å². The van der Waals surface area contributed by atoms with Gasteiger partial charge >= 0.3 is 5.97 Å². The van der Waals surface area contributed by atoms with Crippen LogP contribution in [0, 0.1) is 0 Å². The molecule has 0 unspecified atom stereocenters. The van der Waals surface area contributed by atoms with Crippen LogP contribution in [0.25, 0.3) is 0 Å². The molecule has 1 aromatic heterocycles. The molecule has 0 radical (unpaired) electrons. The molecule has 0 bridgehead atoms. The molecule has 0 saturated carbocycles. The molecule has 3 heterocycles. The standard InChI is InChI=1S/C14H16N2O4/c1-3-14(19)9-6-11-10(15-2)4-5-16(11)12(17)8(9)7-20-13(14)18/h6,19H,3-5,7H2,1-2H3/t14-/m0/s1. The summed E-state index contributed by atoms with van der Waals surface area (Å²) >= 11 is 0. The minimum absolute atomic E-state index is 0.0752. The highest BCUT2D eigenvalue weighted by Crippen LogP contribution is 2.34. The zero-order chi connectivity index (χ0) is 14.5. The first-order valence-corrected chi connectivity index (χ1v) is 6.65. The number of nitrogens with zero attached hydrogens (tertiary/aromatic N) is 2. The van der Waals surface area contributed by atoms with Crippen LogP contribution >= 0.6 is 0 Å². The molecule has 20 heavy (non-hydrogen) atoms. The van der Waals surface area contributed by atoms with Crippen molar-refractivity contribution in [1.82, 2.24) is 4.57 Å². The first-order valence-electron chi connectivity index (χ1n) is 6.65. The number of esters is 1. The molecular weight excluding hydrogens is 260 g/mol. The number of aliphatic imine (C=N–C) groups is 1. The van der Waals surface area contributed by atoms with Crippen molar-refractivity contribution in [1.29, 1.82) is 0 Å². The van der Waals surface area contributed by atoms with E-state index in [0.717, 1.165) is 5.71 Å². The van der Waals surface area contributed by atoms with Gasteiger partial charge in [-0.05, 0) is 12.5 Å². The number of aliphatic hydroxyl groups is 1. The Labute approximate surface area is 115 Å². The van der Waals surface area contributed by atoms with E-state index in [1.54, 1.807) is 24.6 Å². The molecule has 1 aromatic rings. The molecule has 0 fully saturated rings. The van der Waals surface area contributed by atoms with Gasteiger partial charge in [0.2, 0.25) is 0 Å². The molecule has 0 aromatic carbocycles. The highest BCUT2D eigenvalue weighted by molar-refractivity contribution is 6.01. The summed E-state index contributed by atoms with van der Waals surface area (Å²) in [5.74, 6) is -0.690. The molecule has 0 amide bonds. The van der Waals surface area contributed by atoms with Crippen LogP contribution in [0.4, 0.5) is 0 Å². The van der Waals surface area contributed by atoms with Crippen molar-refractivity contribution in [3.8, 4) is 0 Å². The van der Waals surface area contributed by atoms with Crippen molar-refractivity contribution in [2.75, 3.05) is 7.05 Å². The molecule has 106 valence electrons. The average molecular weight is 276 g/mol. The van der Waals surface area contributed by atoms with Gasteiger partial charge in [0.1, 0.15) is 6.61 Å². The Bertz CT molecular complexity index is 689. The van der Waals surface area contributed by atoms with Gasteiger partial charge in [0, 0.05) is 25.6 Å². The predicted molar refractivity (Wildman–Crippen MR) is 71.8 cm³/mol. The second-order valence-electron chi connectivity index (χ2n) is 5.09. The van der Waals surface area contributed by atoms with Gasteiger partial charge in [0.05, 0.1) is 17.0 Å². The molecule has 2 aliphatic heterocycles. The van der Waals surface area contributed by atoms with E-state index in [-0.39, 0.29) is 18.6 Å². The number of cyclic esters (lactones) is 1. The monoisotopic (exact) mass is 276 g/mol. The van der Waals surface area contributed by atoms with Crippen LogP contribution in [0.5, 0.6) is 0 Å². The number of carbonyl (C=O) groups excluding carboxylic acids is 1. The van der Waals surface area contributed by atoms with Crippen molar-refractivity contribution in [2.45, 2.75) is 38.5 Å². The second-order valence-corrected chi connectivity index (χ2v) is 5.09. The van der Waals surface area contributed by atoms with E-state index in [2.05, 4.69) is 4.99 Å². The first kappa shape index (κ1) is 13.1. The summed E-state index contributed by atoms with van der Waals surface area (Å²) in [6, 6.07) is 1.72. The number of aromatic nitrogens is 1. The zero-order valence-electron chi connectivity index (χ0n) is 11.5. The van der Waals surface area contributed by atoms with Crippen molar-refractivity contribution < 1.29 is 14.6 Å². The SMILES string of the molecule is CC[C@@]1(O)C(=O)OCc2c1cc1n(c2=O)CCC1=NC. The highest BCUT2D eigenvalue weighted by Gasteiger charge is 2.45. The Morgan fingerprint density at radius 3 is 2.90 bits per heavy atom. The molecule has 0 saturated heterocycles. The van der Waals surface area contributed by atoms with Gasteiger partial charge in [-0.2, -0.15) is 0 Å². The van der Waals surface area contributed by atoms with Gasteiger partial charge in [-0.3, -0.25) is 9.79 Å². The average Bonchev–Trinajstić information content (AvgIpc) is 2.87. The summed E-state index contributed by atoms with van der Waals surface area (Å²) in [6.07, 6.45) is 0.855. The van der Waals surface area contributed by atoms with Crippen LogP contribution in [0.2, 0.25) is 0 Å². The Hall–Kier alpha value is -1.95. The lowest BCUT2D eigenvalue weighted by molar-refractivity contribution is -0.172. The molecule has 3 rings (SSSR count). The smallest absolute Gasteiger partial charge is 0.343 e. The number of rotatable bonds is 1. The maximum Gasteiger partial charge on any atom is 0.343 e. The third-order valence-electron chi connectivity index (χ3n) is 4.18. The Morgan fingerprint density at radius 2 is 2.25 bits per heavy atom. The van der Waals surface area contributed by atoms with E-state index in [9.17, 15) is 14.7 Å². The lowest BCUT2D eigenvalue weighted by Crippen LogP contribution is -2.44. The molecule has 1 N–H and O–H groups in total. The van der Waals surface area contributed by atoms with Crippen LogP contribution in [-0.2, 0) is 28.3 Å². The molecule has 1 atom stereocenters. The Morgan fingerprint density at radius 1 is 1.50 bits per heavy atom. The predicted octanol–water partition coefficient (Wildman–Crippen LogP) is 0.325. The van der Waals surface area contributed by atoms with Gasteiger partial charge in [-0.1, -0.05) is 6.92 Å². The summed E-state index contributed by atoms with van der Waals surface area (Å²) < 4.78 is 6.61. The van der Waals surface area contributed by atoms with Gasteiger partial charge in [0.15, 0.2) is 5.60 Å². The third-order valence-corrected chi connectivity index (χ3v) is 4.18. The number of hydrogen-bond acceptors (Lipinski definition) is 5. The molecule has 6 heteroatoms.